The van der Waals surface area contributed by atoms with Crippen LogP contribution in [0.3, 0.4) is 0 Å². The number of carboxylic acid groups (broad SMARTS) is 1. The summed E-state index contributed by atoms with van der Waals surface area (Å²) < 4.78 is 24.9. The predicted molar refractivity (Wildman–Crippen MR) is 119 cm³/mol. The van der Waals surface area contributed by atoms with Gasteiger partial charge in [0, 0.05) is 10.9 Å². The SMILES string of the molecule is O=C(O)Cc1csc(NC(=O)/C(=N/OC2CCCC2)c2ccc(S(=O)(=O)C3CC3)cc2)n1. The molecular weight excluding hydrogens is 454 g/mol. The van der Waals surface area contributed by atoms with Gasteiger partial charge in [-0.05, 0) is 50.7 Å². The first-order valence-corrected chi connectivity index (χ1v) is 12.8. The van der Waals surface area contributed by atoms with Gasteiger partial charge >= 0.3 is 5.97 Å². The first-order chi connectivity index (χ1) is 15.3. The van der Waals surface area contributed by atoms with Crippen molar-refractivity contribution in [3.63, 3.8) is 0 Å². The largest absolute Gasteiger partial charge is 0.481 e. The lowest BCUT2D eigenvalue weighted by Gasteiger charge is -2.11. The number of carbonyl (C=O) groups is 2. The molecule has 0 atom stereocenters. The van der Waals surface area contributed by atoms with Crippen LogP contribution in [0, 0.1) is 0 Å². The minimum Gasteiger partial charge on any atom is -0.481 e. The molecule has 2 aliphatic rings. The zero-order valence-electron chi connectivity index (χ0n) is 17.2. The number of hydrogen-bond donors (Lipinski definition) is 2. The topological polar surface area (TPSA) is 135 Å². The van der Waals surface area contributed by atoms with Gasteiger partial charge in [0.15, 0.2) is 20.7 Å². The van der Waals surface area contributed by atoms with Crippen molar-refractivity contribution in [1.29, 1.82) is 0 Å². The number of oxime groups is 1. The maximum Gasteiger partial charge on any atom is 0.309 e. The van der Waals surface area contributed by atoms with Crippen molar-refractivity contribution in [2.75, 3.05) is 5.32 Å². The molecule has 170 valence electrons. The number of aliphatic carboxylic acids is 1. The van der Waals surface area contributed by atoms with E-state index in [2.05, 4.69) is 15.5 Å². The van der Waals surface area contributed by atoms with Crippen molar-refractivity contribution in [3.8, 4) is 0 Å². The van der Waals surface area contributed by atoms with E-state index >= 15 is 0 Å². The van der Waals surface area contributed by atoms with E-state index in [-0.39, 0.29) is 33.5 Å². The molecule has 11 heteroatoms. The molecule has 1 amide bonds. The van der Waals surface area contributed by atoms with E-state index in [4.69, 9.17) is 9.94 Å². The third-order valence-corrected chi connectivity index (χ3v) is 8.42. The summed E-state index contributed by atoms with van der Waals surface area (Å²) in [6.45, 7) is 0. The molecule has 2 fully saturated rings. The molecule has 2 N–H and O–H groups in total. The first kappa shape index (κ1) is 22.4. The fraction of sp³-hybridized carbons (Fsp3) is 0.429. The molecule has 0 radical (unpaired) electrons. The van der Waals surface area contributed by atoms with Crippen molar-refractivity contribution >= 4 is 43.9 Å². The highest BCUT2D eigenvalue weighted by molar-refractivity contribution is 7.92. The lowest BCUT2D eigenvalue weighted by atomic mass is 10.1. The molecule has 2 saturated carbocycles. The molecular formula is C21H23N3O6S2. The highest BCUT2D eigenvalue weighted by Crippen LogP contribution is 2.33. The van der Waals surface area contributed by atoms with Crippen LogP contribution in [0.4, 0.5) is 5.13 Å². The second kappa shape index (κ2) is 9.37. The minimum atomic E-state index is -3.34. The number of benzene rings is 1. The molecule has 0 unspecified atom stereocenters. The van der Waals surface area contributed by atoms with Crippen LogP contribution in [0.15, 0.2) is 39.7 Å². The Morgan fingerprint density at radius 3 is 2.47 bits per heavy atom. The van der Waals surface area contributed by atoms with Gasteiger partial charge in [0.05, 0.1) is 22.3 Å². The molecule has 2 aliphatic carbocycles. The van der Waals surface area contributed by atoms with E-state index in [0.29, 0.717) is 24.1 Å². The molecule has 9 nitrogen and oxygen atoms in total. The molecule has 1 aromatic carbocycles. The number of carbonyl (C=O) groups excluding carboxylic acids is 1. The highest BCUT2D eigenvalue weighted by atomic mass is 32.2. The second-order valence-electron chi connectivity index (χ2n) is 7.89. The second-order valence-corrected chi connectivity index (χ2v) is 11.0. The van der Waals surface area contributed by atoms with Crippen molar-refractivity contribution in [3.05, 3.63) is 40.9 Å². The molecule has 0 bridgehead atoms. The third kappa shape index (κ3) is 5.33. The van der Waals surface area contributed by atoms with Crippen molar-refractivity contribution in [1.82, 2.24) is 4.98 Å². The van der Waals surface area contributed by atoms with Crippen molar-refractivity contribution in [2.45, 2.75) is 61.2 Å². The van der Waals surface area contributed by atoms with Crippen molar-refractivity contribution < 1.29 is 28.0 Å². The lowest BCUT2D eigenvalue weighted by Crippen LogP contribution is -2.25. The summed E-state index contributed by atoms with van der Waals surface area (Å²) in [4.78, 5) is 33.7. The van der Waals surface area contributed by atoms with Gasteiger partial charge in [-0.15, -0.1) is 11.3 Å². The fourth-order valence-electron chi connectivity index (χ4n) is 3.48. The maximum absolute atomic E-state index is 13.0. The minimum absolute atomic E-state index is 0.00209. The maximum atomic E-state index is 13.0. The average Bonchev–Trinajstić information content (AvgIpc) is 3.34. The Morgan fingerprint density at radius 2 is 1.84 bits per heavy atom. The van der Waals surface area contributed by atoms with Gasteiger partial charge in [0.25, 0.3) is 5.91 Å². The molecule has 4 rings (SSSR count). The summed E-state index contributed by atoms with van der Waals surface area (Å²) in [5, 5.41) is 17.1. The predicted octanol–water partition coefficient (Wildman–Crippen LogP) is 3.01. The van der Waals surface area contributed by atoms with Gasteiger partial charge in [-0.25, -0.2) is 13.4 Å². The number of nitrogens with one attached hydrogen (secondary N) is 1. The highest BCUT2D eigenvalue weighted by Gasteiger charge is 2.36. The van der Waals surface area contributed by atoms with E-state index in [1.807, 2.05) is 0 Å². The number of nitrogens with zero attached hydrogens (tertiary/aromatic N) is 2. The van der Waals surface area contributed by atoms with Crippen LogP contribution in [-0.2, 0) is 30.7 Å². The summed E-state index contributed by atoms with van der Waals surface area (Å²) in [7, 11) is -3.34. The molecule has 2 aromatic rings. The van der Waals surface area contributed by atoms with Crippen LogP contribution in [-0.4, -0.2) is 47.5 Å². The zero-order chi connectivity index (χ0) is 22.7. The number of carboxylic acids is 1. The zero-order valence-corrected chi connectivity index (χ0v) is 18.8. The Hall–Kier alpha value is -2.79. The van der Waals surface area contributed by atoms with Gasteiger partial charge in [0.1, 0.15) is 6.10 Å². The van der Waals surface area contributed by atoms with E-state index in [1.165, 1.54) is 12.1 Å². The summed E-state index contributed by atoms with van der Waals surface area (Å²) in [5.74, 6) is -1.58. The van der Waals surface area contributed by atoms with Crippen LogP contribution < -0.4 is 5.32 Å². The number of rotatable bonds is 9. The van der Waals surface area contributed by atoms with Gasteiger partial charge < -0.3 is 9.94 Å². The molecule has 32 heavy (non-hydrogen) atoms. The smallest absolute Gasteiger partial charge is 0.309 e. The molecule has 0 spiro atoms. The summed E-state index contributed by atoms with van der Waals surface area (Å²) >= 11 is 1.11. The number of sulfone groups is 1. The van der Waals surface area contributed by atoms with Gasteiger partial charge in [-0.1, -0.05) is 17.3 Å². The third-order valence-electron chi connectivity index (χ3n) is 5.33. The molecule has 0 saturated heterocycles. The Kier molecular flexibility index (Phi) is 6.56. The normalized spacial score (nSPS) is 17.3. The lowest BCUT2D eigenvalue weighted by molar-refractivity contribution is -0.136. The number of thiazole rings is 1. The Morgan fingerprint density at radius 1 is 1.16 bits per heavy atom. The molecule has 0 aliphatic heterocycles. The number of anilines is 1. The number of hydrogen-bond acceptors (Lipinski definition) is 8. The van der Waals surface area contributed by atoms with Crippen LogP contribution in [0.1, 0.15) is 49.8 Å². The Labute approximate surface area is 189 Å². The summed E-state index contributed by atoms with van der Waals surface area (Å²) in [6.07, 6.45) is 4.85. The first-order valence-electron chi connectivity index (χ1n) is 10.4. The quantitative estimate of drug-likeness (QED) is 0.419. The monoisotopic (exact) mass is 477 g/mol. The van der Waals surface area contributed by atoms with Gasteiger partial charge in [-0.2, -0.15) is 0 Å². The Bertz CT molecular complexity index is 1130. The van der Waals surface area contributed by atoms with Crippen LogP contribution in [0.5, 0.6) is 0 Å². The summed E-state index contributed by atoms with van der Waals surface area (Å²) in [6, 6.07) is 6.05. The van der Waals surface area contributed by atoms with E-state index < -0.39 is 21.7 Å². The van der Waals surface area contributed by atoms with Crippen molar-refractivity contribution in [2.24, 2.45) is 5.16 Å². The average molecular weight is 478 g/mol. The van der Waals surface area contributed by atoms with Gasteiger partial charge in [-0.3, -0.25) is 14.9 Å². The van der Waals surface area contributed by atoms with E-state index in [1.54, 1.807) is 17.5 Å². The fourth-order valence-corrected chi connectivity index (χ4v) is 5.84. The number of amides is 1. The standard InChI is InChI=1S/C21H23N3O6S2/c25-18(26)11-14-12-31-21(22-14)23-20(27)19(24-30-15-3-1-2-4-15)13-5-7-16(8-6-13)32(28,29)17-9-10-17/h5-8,12,15,17H,1-4,9-11H2,(H,25,26)(H,22,23,27)/b24-19+. The van der Waals surface area contributed by atoms with Crippen LogP contribution in [0.25, 0.3) is 0 Å². The molecule has 1 aromatic heterocycles. The van der Waals surface area contributed by atoms with Crippen LogP contribution in [0.2, 0.25) is 0 Å². The summed E-state index contributed by atoms with van der Waals surface area (Å²) in [5.41, 5.74) is 0.757. The van der Waals surface area contributed by atoms with Gasteiger partial charge in [0.2, 0.25) is 0 Å². The number of aromatic nitrogens is 1. The van der Waals surface area contributed by atoms with E-state index in [0.717, 1.165) is 37.0 Å². The Balaban J connectivity index is 1.55. The van der Waals surface area contributed by atoms with E-state index in [9.17, 15) is 18.0 Å². The molecule has 1 heterocycles. The van der Waals surface area contributed by atoms with Crippen LogP contribution >= 0.6 is 11.3 Å².